The number of sulfonamides is 1. The van der Waals surface area contributed by atoms with Gasteiger partial charge in [0.1, 0.15) is 22.6 Å². The molecular formula is C22H19ClF2N4O5S. The van der Waals surface area contributed by atoms with Crippen LogP contribution in [0.5, 0.6) is 5.75 Å². The molecule has 3 aromatic heterocycles. The predicted molar refractivity (Wildman–Crippen MR) is 124 cm³/mol. The number of nitrogens with zero attached hydrogens (tertiary/aromatic N) is 3. The van der Waals surface area contributed by atoms with Crippen LogP contribution in [0.15, 0.2) is 50.9 Å². The number of hydrogen-bond donors (Lipinski definition) is 1. The van der Waals surface area contributed by atoms with E-state index >= 15 is 0 Å². The Bertz CT molecular complexity index is 1620. The minimum Gasteiger partial charge on any atom is -0.483 e. The molecule has 9 nitrogen and oxygen atoms in total. The molecule has 35 heavy (non-hydrogen) atoms. The highest BCUT2D eigenvalue weighted by atomic mass is 35.5. The van der Waals surface area contributed by atoms with Crippen LogP contribution in [0.4, 0.5) is 8.78 Å². The monoisotopic (exact) mass is 524 g/mol. The number of aryl methyl sites for hydroxylation is 1. The lowest BCUT2D eigenvalue weighted by Crippen LogP contribution is -2.17. The van der Waals surface area contributed by atoms with Crippen molar-refractivity contribution in [2.24, 2.45) is 5.14 Å². The van der Waals surface area contributed by atoms with Crippen molar-refractivity contribution in [1.29, 1.82) is 0 Å². The maximum absolute atomic E-state index is 13.2. The SMILES string of the molecule is Cc1cc([C@@H](C)Oc2ccc(Cl)nc2S(N)(=O)=O)c2oc(-c3cnn(C(F)F)c3)c(C)c(=O)c2c1. The fraction of sp³-hybridized carbons (Fsp3) is 0.227. The number of nitrogens with two attached hydrogens (primary N) is 1. The zero-order valence-corrected chi connectivity index (χ0v) is 20.2. The molecule has 0 spiro atoms. The van der Waals surface area contributed by atoms with Crippen molar-refractivity contribution in [2.75, 3.05) is 0 Å². The summed E-state index contributed by atoms with van der Waals surface area (Å²) >= 11 is 5.81. The molecule has 0 fully saturated rings. The Morgan fingerprint density at radius 1 is 1.23 bits per heavy atom. The van der Waals surface area contributed by atoms with E-state index in [1.165, 1.54) is 25.3 Å². The largest absolute Gasteiger partial charge is 0.483 e. The summed E-state index contributed by atoms with van der Waals surface area (Å²) in [6.45, 7) is 2.05. The Balaban J connectivity index is 1.88. The molecule has 184 valence electrons. The van der Waals surface area contributed by atoms with Crippen molar-refractivity contribution < 1.29 is 26.4 Å². The van der Waals surface area contributed by atoms with Crippen molar-refractivity contribution in [3.8, 4) is 17.1 Å². The smallest absolute Gasteiger partial charge is 0.333 e. The summed E-state index contributed by atoms with van der Waals surface area (Å²) in [5.41, 5.74) is 1.33. The molecule has 4 aromatic rings. The molecule has 0 aliphatic carbocycles. The van der Waals surface area contributed by atoms with E-state index in [2.05, 4.69) is 10.1 Å². The molecule has 0 aliphatic rings. The van der Waals surface area contributed by atoms with Gasteiger partial charge in [-0.05, 0) is 50.6 Å². The Hall–Kier alpha value is -3.35. The third-order valence-electron chi connectivity index (χ3n) is 5.26. The van der Waals surface area contributed by atoms with Gasteiger partial charge in [0.05, 0.1) is 17.1 Å². The third-order valence-corrected chi connectivity index (χ3v) is 6.30. The van der Waals surface area contributed by atoms with Gasteiger partial charge in [-0.2, -0.15) is 13.9 Å². The van der Waals surface area contributed by atoms with Gasteiger partial charge < -0.3 is 9.15 Å². The summed E-state index contributed by atoms with van der Waals surface area (Å²) in [5.74, 6) is -0.0722. The molecule has 0 radical (unpaired) electrons. The lowest BCUT2D eigenvalue weighted by atomic mass is 10.0. The Labute approximate surface area is 203 Å². The average molecular weight is 525 g/mol. The van der Waals surface area contributed by atoms with E-state index < -0.39 is 27.7 Å². The summed E-state index contributed by atoms with van der Waals surface area (Å²) in [7, 11) is -4.26. The first-order valence-electron chi connectivity index (χ1n) is 10.1. The van der Waals surface area contributed by atoms with Crippen LogP contribution >= 0.6 is 11.6 Å². The fourth-order valence-electron chi connectivity index (χ4n) is 3.66. The molecule has 0 aliphatic heterocycles. The van der Waals surface area contributed by atoms with Crippen LogP contribution in [-0.4, -0.2) is 23.2 Å². The summed E-state index contributed by atoms with van der Waals surface area (Å²) in [6.07, 6.45) is 1.41. The molecule has 1 aromatic carbocycles. The number of rotatable bonds is 6. The highest BCUT2D eigenvalue weighted by Gasteiger charge is 2.24. The number of hydrogen-bond acceptors (Lipinski definition) is 7. The Kier molecular flexibility index (Phi) is 6.38. The van der Waals surface area contributed by atoms with E-state index in [1.54, 1.807) is 26.0 Å². The first-order chi connectivity index (χ1) is 16.4. The van der Waals surface area contributed by atoms with Gasteiger partial charge >= 0.3 is 6.55 Å². The van der Waals surface area contributed by atoms with Crippen molar-refractivity contribution in [2.45, 2.75) is 38.5 Å². The second-order valence-corrected chi connectivity index (χ2v) is 9.71. The molecule has 0 saturated carbocycles. The van der Waals surface area contributed by atoms with Crippen LogP contribution in [0, 0.1) is 13.8 Å². The average Bonchev–Trinajstić information content (AvgIpc) is 3.27. The van der Waals surface area contributed by atoms with E-state index in [4.69, 9.17) is 25.9 Å². The number of fused-ring (bicyclic) bond motifs is 1. The normalized spacial score (nSPS) is 12.9. The highest BCUT2D eigenvalue weighted by Crippen LogP contribution is 2.34. The Morgan fingerprint density at radius 3 is 2.57 bits per heavy atom. The van der Waals surface area contributed by atoms with Gasteiger partial charge in [0.25, 0.3) is 10.0 Å². The Morgan fingerprint density at radius 2 is 1.94 bits per heavy atom. The van der Waals surface area contributed by atoms with Crippen molar-refractivity contribution >= 4 is 32.6 Å². The summed E-state index contributed by atoms with van der Waals surface area (Å²) in [6, 6.07) is 6.00. The second-order valence-electron chi connectivity index (χ2n) is 7.85. The van der Waals surface area contributed by atoms with Gasteiger partial charge in [-0.25, -0.2) is 23.2 Å². The number of alkyl halides is 2. The van der Waals surface area contributed by atoms with E-state index in [0.717, 1.165) is 6.20 Å². The maximum Gasteiger partial charge on any atom is 0.333 e. The summed E-state index contributed by atoms with van der Waals surface area (Å²) in [5, 5.41) is 8.46. The van der Waals surface area contributed by atoms with E-state index in [-0.39, 0.29) is 44.2 Å². The number of pyridine rings is 1. The van der Waals surface area contributed by atoms with Gasteiger partial charge in [0, 0.05) is 17.3 Å². The molecule has 3 heterocycles. The molecular weight excluding hydrogens is 506 g/mol. The number of benzene rings is 1. The molecule has 0 saturated heterocycles. The first kappa shape index (κ1) is 24.8. The zero-order valence-electron chi connectivity index (χ0n) is 18.6. The summed E-state index contributed by atoms with van der Waals surface area (Å²) < 4.78 is 62.4. The van der Waals surface area contributed by atoms with Gasteiger partial charge in [-0.1, -0.05) is 11.6 Å². The first-order valence-corrected chi connectivity index (χ1v) is 12.1. The van der Waals surface area contributed by atoms with Crippen LogP contribution in [0.25, 0.3) is 22.3 Å². The van der Waals surface area contributed by atoms with Gasteiger partial charge in [0.2, 0.25) is 5.03 Å². The lowest BCUT2D eigenvalue weighted by Gasteiger charge is -2.19. The molecule has 1 atom stereocenters. The highest BCUT2D eigenvalue weighted by molar-refractivity contribution is 7.89. The lowest BCUT2D eigenvalue weighted by molar-refractivity contribution is 0.0566. The van der Waals surface area contributed by atoms with Crippen molar-refractivity contribution in [1.82, 2.24) is 14.8 Å². The minimum absolute atomic E-state index is 0.0742. The van der Waals surface area contributed by atoms with E-state index in [0.29, 0.717) is 15.8 Å². The number of halogens is 3. The van der Waals surface area contributed by atoms with Crippen LogP contribution < -0.4 is 15.3 Å². The molecule has 4 rings (SSSR count). The van der Waals surface area contributed by atoms with Crippen LogP contribution in [0.2, 0.25) is 5.15 Å². The number of primary sulfonamides is 1. The van der Waals surface area contributed by atoms with Crippen molar-refractivity contribution in [3.05, 3.63) is 68.7 Å². The molecule has 0 unspecified atom stereocenters. The predicted octanol–water partition coefficient (Wildman–Crippen LogP) is 4.50. The minimum atomic E-state index is -4.26. The fourth-order valence-corrected chi connectivity index (χ4v) is 4.48. The van der Waals surface area contributed by atoms with Crippen LogP contribution in [0.1, 0.15) is 36.3 Å². The molecule has 13 heteroatoms. The number of ether oxygens (including phenoxy) is 1. The van der Waals surface area contributed by atoms with Gasteiger partial charge in [0.15, 0.2) is 11.2 Å². The van der Waals surface area contributed by atoms with Crippen molar-refractivity contribution in [3.63, 3.8) is 0 Å². The topological polar surface area (TPSA) is 130 Å². The third kappa shape index (κ3) is 4.77. The van der Waals surface area contributed by atoms with Crippen LogP contribution in [0.3, 0.4) is 0 Å². The zero-order chi connectivity index (χ0) is 25.7. The van der Waals surface area contributed by atoms with Gasteiger partial charge in [-0.3, -0.25) is 4.79 Å². The summed E-state index contributed by atoms with van der Waals surface area (Å²) in [4.78, 5) is 16.9. The number of aromatic nitrogens is 3. The quantitative estimate of drug-likeness (QED) is 0.367. The van der Waals surface area contributed by atoms with Crippen LogP contribution in [-0.2, 0) is 10.0 Å². The van der Waals surface area contributed by atoms with E-state index in [1.807, 2.05) is 0 Å². The van der Waals surface area contributed by atoms with Gasteiger partial charge in [-0.15, -0.1) is 0 Å². The molecule has 2 N–H and O–H groups in total. The molecule has 0 amide bonds. The molecule has 0 bridgehead atoms. The maximum atomic E-state index is 13.2. The second kappa shape index (κ2) is 9.02. The standard InChI is InChI=1S/C22H19ClF2N4O5S/c1-10-6-14(12(3)33-16-4-5-17(23)28-21(16)35(26,31)32)20-15(7-10)18(30)11(2)19(34-20)13-8-27-29(9-13)22(24)25/h4-9,12,22H,1-3H3,(H2,26,31,32)/t12-/m1/s1. The van der Waals surface area contributed by atoms with E-state index in [9.17, 15) is 22.0 Å².